The molecule has 1 N–H and O–H groups in total. The maximum absolute atomic E-state index is 11.2. The maximum atomic E-state index is 11.2. The third-order valence-electron chi connectivity index (χ3n) is 2.91. The second-order valence-corrected chi connectivity index (χ2v) is 4.51. The van der Waals surface area contributed by atoms with E-state index in [2.05, 4.69) is 10.5 Å². The van der Waals surface area contributed by atoms with Gasteiger partial charge in [-0.15, -0.1) is 0 Å². The number of hydrogen-bond donors (Lipinski definition) is 1. The number of anilines is 1. The second kappa shape index (κ2) is 7.92. The van der Waals surface area contributed by atoms with Gasteiger partial charge in [-0.3, -0.25) is 15.5 Å². The molecule has 0 aliphatic carbocycles. The number of benzene rings is 2. The zero-order valence-corrected chi connectivity index (χ0v) is 12.3. The van der Waals surface area contributed by atoms with E-state index in [1.54, 1.807) is 12.1 Å². The number of nitro groups is 1. The summed E-state index contributed by atoms with van der Waals surface area (Å²) in [6, 6.07) is 16.7. The standard InChI is InChI=1S/C16H11N5O3/c17-9-13(10-18)19-20-15-7-6-14(8-16(15)21(22)23)24-11-12-4-2-1-3-5-12/h1-8,20H,11H2. The van der Waals surface area contributed by atoms with Gasteiger partial charge in [0.2, 0.25) is 5.71 Å². The van der Waals surface area contributed by atoms with Crippen LogP contribution in [0, 0.1) is 32.8 Å². The van der Waals surface area contributed by atoms with Gasteiger partial charge in [-0.2, -0.15) is 15.6 Å². The van der Waals surface area contributed by atoms with Gasteiger partial charge in [0.25, 0.3) is 5.69 Å². The Morgan fingerprint density at radius 2 is 1.92 bits per heavy atom. The van der Waals surface area contributed by atoms with Crippen LogP contribution < -0.4 is 10.2 Å². The average molecular weight is 321 g/mol. The third kappa shape index (κ3) is 4.29. The van der Waals surface area contributed by atoms with Crippen LogP contribution in [0.3, 0.4) is 0 Å². The van der Waals surface area contributed by atoms with Crippen molar-refractivity contribution in [3.05, 3.63) is 64.2 Å². The number of nitrogens with zero attached hydrogens (tertiary/aromatic N) is 4. The van der Waals surface area contributed by atoms with Crippen LogP contribution in [0.2, 0.25) is 0 Å². The Hall–Kier alpha value is -3.91. The molecule has 0 saturated carbocycles. The van der Waals surface area contributed by atoms with Crippen molar-refractivity contribution in [3.63, 3.8) is 0 Å². The summed E-state index contributed by atoms with van der Waals surface area (Å²) in [7, 11) is 0. The third-order valence-corrected chi connectivity index (χ3v) is 2.91. The van der Waals surface area contributed by atoms with Crippen LogP contribution in [0.5, 0.6) is 5.75 Å². The van der Waals surface area contributed by atoms with Crippen molar-refractivity contribution in [2.45, 2.75) is 6.61 Å². The maximum Gasteiger partial charge on any atom is 0.297 e. The molecule has 0 radical (unpaired) electrons. The summed E-state index contributed by atoms with van der Waals surface area (Å²) in [5, 5.41) is 31.9. The Labute approximate surface area is 137 Å². The second-order valence-electron chi connectivity index (χ2n) is 4.51. The van der Waals surface area contributed by atoms with E-state index >= 15 is 0 Å². The summed E-state index contributed by atoms with van der Waals surface area (Å²) in [4.78, 5) is 10.6. The number of hydrazone groups is 1. The minimum atomic E-state index is -0.606. The average Bonchev–Trinajstić information content (AvgIpc) is 2.62. The van der Waals surface area contributed by atoms with Crippen molar-refractivity contribution in [1.29, 1.82) is 10.5 Å². The van der Waals surface area contributed by atoms with Crippen molar-refractivity contribution in [2.24, 2.45) is 5.10 Å². The van der Waals surface area contributed by atoms with Gasteiger partial charge in [0.1, 0.15) is 30.2 Å². The number of hydrogen-bond acceptors (Lipinski definition) is 7. The monoisotopic (exact) mass is 321 g/mol. The molecule has 0 bridgehead atoms. The molecule has 8 heteroatoms. The summed E-state index contributed by atoms with van der Waals surface area (Å²) in [5.41, 5.74) is 2.61. The van der Waals surface area contributed by atoms with Gasteiger partial charge in [0.05, 0.1) is 11.0 Å². The molecule has 2 aromatic carbocycles. The van der Waals surface area contributed by atoms with E-state index in [1.807, 2.05) is 30.3 Å². The van der Waals surface area contributed by atoms with Gasteiger partial charge in [-0.25, -0.2) is 0 Å². The van der Waals surface area contributed by atoms with Gasteiger partial charge >= 0.3 is 0 Å². The van der Waals surface area contributed by atoms with E-state index in [4.69, 9.17) is 15.3 Å². The highest BCUT2D eigenvalue weighted by Gasteiger charge is 2.15. The Kier molecular flexibility index (Phi) is 5.43. The van der Waals surface area contributed by atoms with Crippen molar-refractivity contribution in [3.8, 4) is 17.9 Å². The summed E-state index contributed by atoms with van der Waals surface area (Å²) >= 11 is 0. The predicted molar refractivity (Wildman–Crippen MR) is 86.2 cm³/mol. The zero-order valence-electron chi connectivity index (χ0n) is 12.3. The molecular weight excluding hydrogens is 310 g/mol. The lowest BCUT2D eigenvalue weighted by Gasteiger charge is -2.08. The fourth-order valence-corrected chi connectivity index (χ4v) is 1.78. The molecule has 0 aliphatic rings. The number of ether oxygens (including phenoxy) is 1. The molecule has 0 amide bonds. The topological polar surface area (TPSA) is 124 Å². The first-order valence-corrected chi connectivity index (χ1v) is 6.73. The largest absolute Gasteiger partial charge is 0.489 e. The highest BCUT2D eigenvalue weighted by Crippen LogP contribution is 2.29. The number of nitriles is 2. The Balaban J connectivity index is 2.17. The predicted octanol–water partition coefficient (Wildman–Crippen LogP) is 2.99. The molecule has 0 aromatic heterocycles. The molecule has 8 nitrogen and oxygen atoms in total. The molecule has 0 fully saturated rings. The van der Waals surface area contributed by atoms with Gasteiger partial charge in [0.15, 0.2) is 0 Å². The molecule has 0 heterocycles. The van der Waals surface area contributed by atoms with Crippen molar-refractivity contribution >= 4 is 17.1 Å². The number of nitrogens with one attached hydrogen (secondary N) is 1. The Morgan fingerprint density at radius 3 is 2.54 bits per heavy atom. The Morgan fingerprint density at radius 1 is 1.21 bits per heavy atom. The van der Waals surface area contributed by atoms with Crippen LogP contribution in [-0.2, 0) is 6.61 Å². The number of nitro benzene ring substituents is 1. The first kappa shape index (κ1) is 16.5. The Bertz CT molecular complexity index is 834. The van der Waals surface area contributed by atoms with Gasteiger partial charge in [-0.1, -0.05) is 30.3 Å². The molecular formula is C16H11N5O3. The van der Waals surface area contributed by atoms with Crippen molar-refractivity contribution < 1.29 is 9.66 Å². The van der Waals surface area contributed by atoms with E-state index < -0.39 is 10.6 Å². The van der Waals surface area contributed by atoms with E-state index in [0.29, 0.717) is 5.75 Å². The van der Waals surface area contributed by atoms with Crippen LogP contribution in [0.25, 0.3) is 0 Å². The molecule has 0 unspecified atom stereocenters. The van der Waals surface area contributed by atoms with Gasteiger partial charge in [0, 0.05) is 0 Å². The fraction of sp³-hybridized carbons (Fsp3) is 0.0625. The van der Waals surface area contributed by atoms with Crippen LogP contribution in [0.1, 0.15) is 5.56 Å². The van der Waals surface area contributed by atoms with Crippen LogP contribution >= 0.6 is 0 Å². The first-order chi connectivity index (χ1) is 11.6. The molecule has 2 rings (SSSR count). The lowest BCUT2D eigenvalue weighted by Crippen LogP contribution is -2.01. The molecule has 0 atom stereocenters. The van der Waals surface area contributed by atoms with E-state index in [0.717, 1.165) is 5.56 Å². The smallest absolute Gasteiger partial charge is 0.297 e. The lowest BCUT2D eigenvalue weighted by molar-refractivity contribution is -0.384. The molecule has 0 aliphatic heterocycles. The lowest BCUT2D eigenvalue weighted by atomic mass is 10.2. The van der Waals surface area contributed by atoms with Gasteiger partial charge in [-0.05, 0) is 17.7 Å². The highest BCUT2D eigenvalue weighted by molar-refractivity contribution is 6.10. The van der Waals surface area contributed by atoms with Crippen molar-refractivity contribution in [1.82, 2.24) is 0 Å². The number of rotatable bonds is 6. The summed E-state index contributed by atoms with van der Waals surface area (Å²) < 4.78 is 5.53. The minimum absolute atomic E-state index is 0.0510. The van der Waals surface area contributed by atoms with E-state index in [9.17, 15) is 10.1 Å². The van der Waals surface area contributed by atoms with Crippen LogP contribution in [0.4, 0.5) is 11.4 Å². The summed E-state index contributed by atoms with van der Waals surface area (Å²) in [6.45, 7) is 0.274. The van der Waals surface area contributed by atoms with Crippen molar-refractivity contribution in [2.75, 3.05) is 5.43 Å². The fourth-order valence-electron chi connectivity index (χ4n) is 1.78. The van der Waals surface area contributed by atoms with Gasteiger partial charge < -0.3 is 4.74 Å². The summed E-state index contributed by atoms with van der Waals surface area (Å²) in [6.07, 6.45) is 0. The molecule has 24 heavy (non-hydrogen) atoms. The summed E-state index contributed by atoms with van der Waals surface area (Å²) in [5.74, 6) is 0.320. The quantitative estimate of drug-likeness (QED) is 0.495. The molecule has 118 valence electrons. The van der Waals surface area contributed by atoms with E-state index in [-0.39, 0.29) is 18.0 Å². The van der Waals surface area contributed by atoms with E-state index in [1.165, 1.54) is 18.2 Å². The minimum Gasteiger partial charge on any atom is -0.489 e. The SMILES string of the molecule is N#CC(C#N)=NNc1ccc(OCc2ccccc2)cc1[N+](=O)[O-]. The molecule has 0 spiro atoms. The normalized spacial score (nSPS) is 9.25. The molecule has 2 aromatic rings. The van der Waals surface area contributed by atoms with Crippen LogP contribution in [-0.4, -0.2) is 10.6 Å². The van der Waals surface area contributed by atoms with Crippen LogP contribution in [0.15, 0.2) is 53.6 Å². The molecule has 0 saturated heterocycles. The zero-order chi connectivity index (χ0) is 17.4. The first-order valence-electron chi connectivity index (χ1n) is 6.73. The highest BCUT2D eigenvalue weighted by atomic mass is 16.6.